The topological polar surface area (TPSA) is 38.9 Å². The molecule has 0 unspecified atom stereocenters. The summed E-state index contributed by atoms with van der Waals surface area (Å²) in [6, 6.07) is 0. The molecule has 0 N–H and O–H groups in total. The fraction of sp³-hybridized carbons (Fsp3) is 0.800. The van der Waals surface area contributed by atoms with Gasteiger partial charge >= 0.3 is 47.9 Å². The summed E-state index contributed by atoms with van der Waals surface area (Å²) in [6.07, 6.45) is -14.8. The lowest BCUT2D eigenvalue weighted by atomic mass is 10.0. The number of rotatable bonds is 6. The monoisotopic (exact) mass is 506 g/mol. The first-order valence-electron chi connectivity index (χ1n) is 6.46. The van der Waals surface area contributed by atoms with Crippen LogP contribution in [0.25, 0.3) is 0 Å². The van der Waals surface area contributed by atoms with Gasteiger partial charge in [-0.1, -0.05) is 0 Å². The normalized spacial score (nSPS) is 16.1. The molecule has 0 atom stereocenters. The second-order valence-corrected chi connectivity index (χ2v) is 5.35. The van der Waals surface area contributed by atoms with Crippen LogP contribution in [0.2, 0.25) is 0 Å². The molecule has 3 nitrogen and oxygen atoms in total. The van der Waals surface area contributed by atoms with Gasteiger partial charge in [0.25, 0.3) is 11.8 Å². The van der Waals surface area contributed by atoms with Gasteiger partial charge in [0.15, 0.2) is 0 Å². The van der Waals surface area contributed by atoms with Crippen LogP contribution in [0.5, 0.6) is 0 Å². The highest BCUT2D eigenvalue weighted by Gasteiger charge is 2.85. The molecule has 0 bridgehead atoms. The van der Waals surface area contributed by atoms with Gasteiger partial charge in [-0.25, -0.2) is 0 Å². The molecule has 21 heteroatoms. The molecule has 0 aromatic carbocycles. The van der Waals surface area contributed by atoms with Crippen molar-refractivity contribution >= 4 is 0 Å². The lowest BCUT2D eigenvalue weighted by molar-refractivity contribution is -0.405. The fourth-order valence-corrected chi connectivity index (χ4v) is 1.50. The van der Waals surface area contributed by atoms with Crippen molar-refractivity contribution in [3.05, 3.63) is 11.8 Å². The smallest absolute Gasteiger partial charge is 0.413 e. The van der Waals surface area contributed by atoms with Crippen molar-refractivity contribution < 1.29 is 83.4 Å². The van der Waals surface area contributed by atoms with Gasteiger partial charge in [0.2, 0.25) is 0 Å². The molecule has 1 aromatic heterocycles. The highest BCUT2D eigenvalue weighted by Crippen LogP contribution is 2.58. The third kappa shape index (κ3) is 3.52. The van der Waals surface area contributed by atoms with Crippen LogP contribution >= 0.6 is 0 Å². The Hall–Kier alpha value is -2.12. The molecule has 0 spiro atoms. The van der Waals surface area contributed by atoms with E-state index in [1.165, 1.54) is 10.2 Å². The largest absolute Gasteiger partial charge is 0.460 e. The molecule has 0 amide bonds. The Balaban J connectivity index is 3.56. The fourth-order valence-electron chi connectivity index (χ4n) is 1.50. The first-order valence-corrected chi connectivity index (χ1v) is 6.46. The maximum Gasteiger partial charge on any atom is 0.460 e. The molecular formula is C10F18N2O. The molecule has 1 aromatic rings. The lowest BCUT2D eigenvalue weighted by Gasteiger charge is -2.32. The molecule has 0 radical (unpaired) electrons. The van der Waals surface area contributed by atoms with E-state index in [1.807, 2.05) is 0 Å². The van der Waals surface area contributed by atoms with Crippen LogP contribution in [0.15, 0.2) is 4.42 Å². The van der Waals surface area contributed by atoms with E-state index in [1.54, 1.807) is 0 Å². The molecule has 0 saturated carbocycles. The summed E-state index contributed by atoms with van der Waals surface area (Å²) >= 11 is 0. The Kier molecular flexibility index (Phi) is 5.81. The molecule has 0 aliphatic heterocycles. The van der Waals surface area contributed by atoms with E-state index < -0.39 is 59.7 Å². The highest BCUT2D eigenvalue weighted by atomic mass is 19.4. The van der Waals surface area contributed by atoms with Crippen molar-refractivity contribution in [3.8, 4) is 0 Å². The molecule has 0 fully saturated rings. The van der Waals surface area contributed by atoms with Crippen molar-refractivity contribution in [1.82, 2.24) is 10.2 Å². The first kappa shape index (κ1) is 26.9. The van der Waals surface area contributed by atoms with E-state index in [2.05, 4.69) is 4.42 Å². The predicted molar refractivity (Wildman–Crippen MR) is 54.0 cm³/mol. The van der Waals surface area contributed by atoms with E-state index in [0.29, 0.717) is 0 Å². The van der Waals surface area contributed by atoms with Crippen molar-refractivity contribution in [1.29, 1.82) is 0 Å². The Morgan fingerprint density at radius 1 is 0.387 bits per heavy atom. The second-order valence-electron chi connectivity index (χ2n) is 5.35. The summed E-state index contributed by atoms with van der Waals surface area (Å²) in [4.78, 5) is 0. The highest BCUT2D eigenvalue weighted by molar-refractivity contribution is 5.11. The van der Waals surface area contributed by atoms with Gasteiger partial charge in [-0.2, -0.15) is 79.0 Å². The van der Waals surface area contributed by atoms with Crippen LogP contribution in [0, 0.1) is 0 Å². The average Bonchev–Trinajstić information content (AvgIpc) is 3.03. The maximum absolute atomic E-state index is 13.4. The van der Waals surface area contributed by atoms with E-state index in [-0.39, 0.29) is 0 Å². The molecule has 1 rings (SSSR count). The van der Waals surface area contributed by atoms with Gasteiger partial charge in [-0.15, -0.1) is 10.2 Å². The van der Waals surface area contributed by atoms with Gasteiger partial charge in [-0.3, -0.25) is 0 Å². The van der Waals surface area contributed by atoms with Gasteiger partial charge in [0.05, 0.1) is 0 Å². The van der Waals surface area contributed by atoms with Crippen LogP contribution < -0.4 is 0 Å². The van der Waals surface area contributed by atoms with Gasteiger partial charge in [-0.05, 0) is 0 Å². The molecule has 1 heterocycles. The van der Waals surface area contributed by atoms with Crippen molar-refractivity contribution in [2.24, 2.45) is 0 Å². The Morgan fingerprint density at radius 2 is 0.613 bits per heavy atom. The summed E-state index contributed by atoms with van der Waals surface area (Å²) in [6.45, 7) is 0. The Bertz CT molecular complexity index is 736. The predicted octanol–water partition coefficient (Wildman–Crippen LogP) is 5.92. The van der Waals surface area contributed by atoms with E-state index in [0.717, 1.165) is 0 Å². The van der Waals surface area contributed by atoms with E-state index >= 15 is 0 Å². The Labute approximate surface area is 155 Å². The van der Waals surface area contributed by atoms with E-state index in [4.69, 9.17) is 0 Å². The van der Waals surface area contributed by atoms with Gasteiger partial charge in [0.1, 0.15) is 0 Å². The number of hydrogen-bond acceptors (Lipinski definition) is 3. The molecule has 31 heavy (non-hydrogen) atoms. The van der Waals surface area contributed by atoms with Gasteiger partial charge in [0, 0.05) is 0 Å². The van der Waals surface area contributed by atoms with Crippen molar-refractivity contribution in [3.63, 3.8) is 0 Å². The molecular weight excluding hydrogens is 506 g/mol. The first-order chi connectivity index (χ1) is 13.2. The third-order valence-electron chi connectivity index (χ3n) is 3.25. The zero-order chi connectivity index (χ0) is 25.3. The summed E-state index contributed by atoms with van der Waals surface area (Å²) in [5.41, 5.74) is 0. The minimum absolute atomic E-state index is 1.39. The summed E-state index contributed by atoms with van der Waals surface area (Å²) in [5, 5.41) is 2.77. The quantitative estimate of drug-likeness (QED) is 0.450. The third-order valence-corrected chi connectivity index (χ3v) is 3.25. The van der Waals surface area contributed by atoms with Crippen LogP contribution in [0.4, 0.5) is 79.0 Å². The lowest BCUT2D eigenvalue weighted by Crippen LogP contribution is -2.60. The van der Waals surface area contributed by atoms with Crippen LogP contribution in [-0.2, 0) is 11.8 Å². The summed E-state index contributed by atoms with van der Waals surface area (Å²) in [7, 11) is 0. The Morgan fingerprint density at radius 3 is 0.806 bits per heavy atom. The summed E-state index contributed by atoms with van der Waals surface area (Å²) in [5.74, 6) is -52.0. The number of alkyl halides is 18. The zero-order valence-electron chi connectivity index (χ0n) is 13.1. The minimum Gasteiger partial charge on any atom is -0.413 e. The number of hydrogen-bond donors (Lipinski definition) is 0. The average molecular weight is 506 g/mol. The molecule has 0 aliphatic carbocycles. The molecule has 0 saturated heterocycles. The van der Waals surface area contributed by atoms with Crippen LogP contribution in [0.1, 0.15) is 11.8 Å². The zero-order valence-corrected chi connectivity index (χ0v) is 13.1. The molecule has 182 valence electrons. The number of nitrogens with zero attached hydrogens (tertiary/aromatic N) is 2. The molecule has 0 aliphatic rings. The minimum atomic E-state index is -7.64. The number of aromatic nitrogens is 2. The van der Waals surface area contributed by atoms with Crippen LogP contribution in [-0.4, -0.2) is 46.2 Å². The van der Waals surface area contributed by atoms with Crippen LogP contribution in [0.3, 0.4) is 0 Å². The standard InChI is InChI=1S/C10F18N2O/c11-3(12,5(15,16)7(19,20)9(23,24)25)1-29-30-2(31-1)4(13,14)6(17,18)8(21,22)10(26,27)28. The summed E-state index contributed by atoms with van der Waals surface area (Å²) < 4.78 is 231. The number of halogens is 18. The van der Waals surface area contributed by atoms with Crippen molar-refractivity contribution in [2.45, 2.75) is 47.9 Å². The second kappa shape index (κ2) is 6.69. The SMILES string of the molecule is FC(F)(F)C(F)(F)C(F)(F)C(F)(F)c1nnc(C(F)(F)C(F)(F)C(F)(F)C(F)(F)F)o1. The van der Waals surface area contributed by atoms with E-state index in [9.17, 15) is 79.0 Å². The van der Waals surface area contributed by atoms with Crippen molar-refractivity contribution in [2.75, 3.05) is 0 Å². The maximum atomic E-state index is 13.4. The van der Waals surface area contributed by atoms with Gasteiger partial charge < -0.3 is 4.42 Å².